The summed E-state index contributed by atoms with van der Waals surface area (Å²) in [5.74, 6) is 0. The van der Waals surface area contributed by atoms with Crippen molar-refractivity contribution in [2.24, 2.45) is 0 Å². The number of fused-ring (bicyclic) bond motifs is 1. The molecule has 1 N–H and O–H groups in total. The van der Waals surface area contributed by atoms with Crippen molar-refractivity contribution in [3.05, 3.63) is 71.1 Å². The fraction of sp³-hybridized carbons (Fsp3) is 0.118. The quantitative estimate of drug-likeness (QED) is 0.716. The lowest BCUT2D eigenvalue weighted by Crippen LogP contribution is -2.24. The van der Waals surface area contributed by atoms with Gasteiger partial charge >= 0.3 is 0 Å². The summed E-state index contributed by atoms with van der Waals surface area (Å²) in [6, 6.07) is 18.6. The fourth-order valence-corrected chi connectivity index (χ4v) is 3.46. The predicted molar refractivity (Wildman–Crippen MR) is 91.7 cm³/mol. The summed E-state index contributed by atoms with van der Waals surface area (Å²) in [6.07, 6.45) is 0.997. The van der Waals surface area contributed by atoms with Crippen molar-refractivity contribution < 1.29 is 0 Å². The number of thiophene rings is 1. The lowest BCUT2D eigenvalue weighted by molar-refractivity contribution is 0.882. The zero-order valence-electron chi connectivity index (χ0n) is 11.0. The molecule has 0 aliphatic rings. The average molecular weight is 297 g/mol. The third kappa shape index (κ3) is 2.89. The molecule has 1 aromatic heterocycles. The van der Waals surface area contributed by atoms with E-state index in [9.17, 15) is 0 Å². The molecule has 0 saturated heterocycles. The fourth-order valence-electron chi connectivity index (χ4n) is 2.23. The van der Waals surface area contributed by atoms with E-state index < -0.39 is 0 Å². The highest BCUT2D eigenvalue weighted by Gasteiger charge is 2.04. The largest absolute Gasteiger partial charge is 0.375 e. The number of thiocarbonyl (C=S) groups is 1. The Kier molecular flexibility index (Phi) is 4.09. The van der Waals surface area contributed by atoms with Gasteiger partial charge in [0.15, 0.2) is 0 Å². The van der Waals surface area contributed by atoms with E-state index in [1.165, 1.54) is 15.6 Å². The first-order valence-corrected chi connectivity index (χ1v) is 7.92. The molecule has 0 aliphatic heterocycles. The van der Waals surface area contributed by atoms with Crippen LogP contribution in [0.1, 0.15) is 11.1 Å². The smallest absolute Gasteiger partial charge is 0.106 e. The number of hydrogen-bond acceptors (Lipinski definition) is 2. The lowest BCUT2D eigenvalue weighted by atomic mass is 10.1. The first-order chi connectivity index (χ1) is 9.84. The van der Waals surface area contributed by atoms with Crippen LogP contribution in [0, 0.1) is 0 Å². The third-order valence-electron chi connectivity index (χ3n) is 3.28. The van der Waals surface area contributed by atoms with Gasteiger partial charge in [0.1, 0.15) is 4.99 Å². The molecule has 2 aromatic carbocycles. The van der Waals surface area contributed by atoms with Crippen LogP contribution in [0.15, 0.2) is 60.0 Å². The molecular weight excluding hydrogens is 282 g/mol. The minimum Gasteiger partial charge on any atom is -0.375 e. The van der Waals surface area contributed by atoms with E-state index in [2.05, 4.69) is 35.0 Å². The van der Waals surface area contributed by atoms with Gasteiger partial charge in [0.25, 0.3) is 0 Å². The highest BCUT2D eigenvalue weighted by molar-refractivity contribution is 7.80. The van der Waals surface area contributed by atoms with E-state index in [0.29, 0.717) is 0 Å². The second kappa shape index (κ2) is 6.16. The summed E-state index contributed by atoms with van der Waals surface area (Å²) in [6.45, 7) is 0.869. The predicted octanol–water partition coefficient (Wildman–Crippen LogP) is 4.41. The topological polar surface area (TPSA) is 12.0 Å². The van der Waals surface area contributed by atoms with Crippen LogP contribution >= 0.6 is 23.6 Å². The van der Waals surface area contributed by atoms with Crippen LogP contribution in [0.2, 0.25) is 0 Å². The van der Waals surface area contributed by atoms with Crippen molar-refractivity contribution in [3.63, 3.8) is 0 Å². The van der Waals surface area contributed by atoms with Crippen LogP contribution in [0.5, 0.6) is 0 Å². The maximum Gasteiger partial charge on any atom is 0.106 e. The Morgan fingerprint density at radius 3 is 2.60 bits per heavy atom. The van der Waals surface area contributed by atoms with E-state index in [1.54, 1.807) is 0 Å². The van der Waals surface area contributed by atoms with E-state index >= 15 is 0 Å². The first kappa shape index (κ1) is 13.3. The number of nitrogens with one attached hydrogen (secondary N) is 1. The molecule has 0 unspecified atom stereocenters. The molecule has 3 aromatic rings. The molecule has 3 heteroatoms. The molecule has 0 atom stereocenters. The zero-order valence-corrected chi connectivity index (χ0v) is 12.6. The maximum atomic E-state index is 5.40. The summed E-state index contributed by atoms with van der Waals surface area (Å²) >= 11 is 7.21. The monoisotopic (exact) mass is 297 g/mol. The Hall–Kier alpha value is -1.71. The molecule has 3 rings (SSSR count). The highest BCUT2D eigenvalue weighted by Crippen LogP contribution is 2.25. The van der Waals surface area contributed by atoms with Gasteiger partial charge in [-0.2, -0.15) is 0 Å². The lowest BCUT2D eigenvalue weighted by Gasteiger charge is -2.07. The van der Waals surface area contributed by atoms with Gasteiger partial charge in [-0.1, -0.05) is 60.7 Å². The van der Waals surface area contributed by atoms with Crippen molar-refractivity contribution in [1.82, 2.24) is 5.32 Å². The molecule has 0 bridgehead atoms. The second-order valence-electron chi connectivity index (χ2n) is 4.63. The molecule has 0 fully saturated rings. The minimum absolute atomic E-state index is 0.824. The molecule has 20 heavy (non-hydrogen) atoms. The maximum absolute atomic E-state index is 5.40. The summed E-state index contributed by atoms with van der Waals surface area (Å²) < 4.78 is 1.35. The van der Waals surface area contributed by atoms with E-state index in [-0.39, 0.29) is 0 Å². The third-order valence-corrected chi connectivity index (χ3v) is 4.67. The normalized spacial score (nSPS) is 10.6. The Morgan fingerprint density at radius 2 is 1.75 bits per heavy atom. The second-order valence-corrected chi connectivity index (χ2v) is 5.95. The van der Waals surface area contributed by atoms with E-state index in [1.807, 2.05) is 41.7 Å². The van der Waals surface area contributed by atoms with Crippen LogP contribution in [-0.4, -0.2) is 11.5 Å². The Morgan fingerprint density at radius 1 is 1.00 bits per heavy atom. The van der Waals surface area contributed by atoms with Crippen molar-refractivity contribution in [1.29, 1.82) is 0 Å². The molecule has 1 heterocycles. The van der Waals surface area contributed by atoms with Gasteiger partial charge in [0, 0.05) is 16.8 Å². The van der Waals surface area contributed by atoms with Crippen LogP contribution in [0.4, 0.5) is 0 Å². The van der Waals surface area contributed by atoms with E-state index in [0.717, 1.165) is 23.5 Å². The van der Waals surface area contributed by atoms with Crippen molar-refractivity contribution >= 4 is 38.6 Å². The molecule has 0 saturated carbocycles. The average Bonchev–Trinajstić information content (AvgIpc) is 2.92. The van der Waals surface area contributed by atoms with E-state index in [4.69, 9.17) is 12.2 Å². The molecule has 0 radical (unpaired) electrons. The van der Waals surface area contributed by atoms with Gasteiger partial charge in [0.05, 0.1) is 0 Å². The van der Waals surface area contributed by atoms with Gasteiger partial charge in [-0.25, -0.2) is 0 Å². The van der Waals surface area contributed by atoms with Gasteiger partial charge < -0.3 is 5.32 Å². The van der Waals surface area contributed by atoms with Gasteiger partial charge in [-0.05, 0) is 28.8 Å². The van der Waals surface area contributed by atoms with Crippen LogP contribution < -0.4 is 5.32 Å². The standard InChI is InChI=1S/C17H15NS2/c19-17(13-6-2-1-3-7-13)18-11-10-14-12-20-16-9-5-4-8-15(14)16/h1-9,12H,10-11H2,(H,18,19). The van der Waals surface area contributed by atoms with Crippen LogP contribution in [0.25, 0.3) is 10.1 Å². The molecule has 1 nitrogen and oxygen atoms in total. The highest BCUT2D eigenvalue weighted by atomic mass is 32.1. The number of rotatable bonds is 4. The molecule has 0 amide bonds. The Balaban J connectivity index is 1.62. The van der Waals surface area contributed by atoms with Gasteiger partial charge in [0.2, 0.25) is 0 Å². The van der Waals surface area contributed by atoms with Crippen molar-refractivity contribution in [2.45, 2.75) is 6.42 Å². The number of benzene rings is 2. The molecule has 0 aliphatic carbocycles. The van der Waals surface area contributed by atoms with Gasteiger partial charge in [-0.15, -0.1) is 11.3 Å². The molecule has 100 valence electrons. The minimum atomic E-state index is 0.824. The summed E-state index contributed by atoms with van der Waals surface area (Å²) in [7, 11) is 0. The molecular formula is C17H15NS2. The Labute approximate surface area is 128 Å². The molecule has 0 spiro atoms. The van der Waals surface area contributed by atoms with Gasteiger partial charge in [-0.3, -0.25) is 0 Å². The summed E-state index contributed by atoms with van der Waals surface area (Å²) in [5, 5.41) is 6.95. The van der Waals surface area contributed by atoms with Crippen molar-refractivity contribution in [3.8, 4) is 0 Å². The summed E-state index contributed by atoms with van der Waals surface area (Å²) in [4.78, 5) is 0.824. The number of hydrogen-bond donors (Lipinski definition) is 1. The SMILES string of the molecule is S=C(NCCc1csc2ccccc12)c1ccccc1. The summed E-state index contributed by atoms with van der Waals surface area (Å²) in [5.41, 5.74) is 2.48. The van der Waals surface area contributed by atoms with Crippen LogP contribution in [0.3, 0.4) is 0 Å². The van der Waals surface area contributed by atoms with Crippen molar-refractivity contribution in [2.75, 3.05) is 6.54 Å². The first-order valence-electron chi connectivity index (χ1n) is 6.63. The van der Waals surface area contributed by atoms with Crippen LogP contribution in [-0.2, 0) is 6.42 Å². The zero-order chi connectivity index (χ0) is 13.8. The Bertz CT molecular complexity index is 716.